The molecule has 1 aromatic carbocycles. The third kappa shape index (κ3) is 2.72. The summed E-state index contributed by atoms with van der Waals surface area (Å²) in [6, 6.07) is 9.29. The topological polar surface area (TPSA) is 37.3 Å². The number of hydrogen-bond acceptors (Lipinski definition) is 2. The largest absolute Gasteiger partial charge is 0.384 e. The molecule has 0 aliphatic carbocycles. The summed E-state index contributed by atoms with van der Waals surface area (Å²) in [5, 5.41) is 9.51. The van der Waals surface area contributed by atoms with Gasteiger partial charge in [-0.25, -0.2) is 0 Å². The van der Waals surface area contributed by atoms with Crippen LogP contribution in [0.3, 0.4) is 0 Å². The predicted molar refractivity (Wildman–Crippen MR) is 49.8 cm³/mol. The van der Waals surface area contributed by atoms with E-state index in [0.717, 1.165) is 5.56 Å². The maximum atomic E-state index is 10.8. The molecule has 0 aliphatic rings. The lowest BCUT2D eigenvalue weighted by atomic mass is 10.1. The van der Waals surface area contributed by atoms with Crippen LogP contribution in [0.5, 0.6) is 0 Å². The van der Waals surface area contributed by atoms with Crippen molar-refractivity contribution in [3.8, 4) is 0 Å². The molecule has 64 valence electrons. The van der Waals surface area contributed by atoms with Crippen LogP contribution in [0.15, 0.2) is 30.3 Å². The van der Waals surface area contributed by atoms with Gasteiger partial charge in [0.05, 0.1) is 0 Å². The normalized spacial score (nSPS) is 14.0. The first-order chi connectivity index (χ1) is 5.70. The summed E-state index contributed by atoms with van der Waals surface area (Å²) in [5.74, 6) is 0. The minimum absolute atomic E-state index is 0.347. The van der Waals surface area contributed by atoms with Crippen molar-refractivity contribution in [1.82, 2.24) is 0 Å². The summed E-state index contributed by atoms with van der Waals surface area (Å²) in [6.07, 6.45) is -0.237. The van der Waals surface area contributed by atoms with Crippen LogP contribution in [0.4, 0.5) is 0 Å². The van der Waals surface area contributed by atoms with Crippen LogP contribution in [-0.4, -0.2) is 17.9 Å². The molecule has 0 spiro atoms. The van der Waals surface area contributed by atoms with Gasteiger partial charge in [0.25, 0.3) is 0 Å². The summed E-state index contributed by atoms with van der Waals surface area (Å²) in [7, 11) is -1.26. The van der Waals surface area contributed by atoms with Crippen LogP contribution >= 0.6 is 7.80 Å². The second-order valence-corrected chi connectivity index (χ2v) is 4.36. The van der Waals surface area contributed by atoms with Crippen molar-refractivity contribution in [2.45, 2.75) is 6.10 Å². The highest BCUT2D eigenvalue weighted by molar-refractivity contribution is 7.43. The molecular formula is C9H12O2P+. The van der Waals surface area contributed by atoms with Crippen molar-refractivity contribution >= 4 is 7.80 Å². The monoisotopic (exact) mass is 183 g/mol. The Morgan fingerprint density at radius 1 is 1.42 bits per heavy atom. The average Bonchev–Trinajstić information content (AvgIpc) is 2.05. The highest BCUT2D eigenvalue weighted by Gasteiger charge is 2.16. The number of benzene rings is 1. The molecule has 0 aromatic heterocycles. The summed E-state index contributed by atoms with van der Waals surface area (Å²) in [5.41, 5.74) is 0.836. The molecule has 0 aliphatic heterocycles. The number of aliphatic hydroxyl groups excluding tert-OH is 1. The second-order valence-electron chi connectivity index (χ2n) is 2.74. The summed E-state index contributed by atoms with van der Waals surface area (Å²) in [4.78, 5) is 0. The van der Waals surface area contributed by atoms with Crippen LogP contribution in [-0.2, 0) is 4.57 Å². The van der Waals surface area contributed by atoms with Crippen molar-refractivity contribution in [1.29, 1.82) is 0 Å². The molecule has 0 saturated heterocycles. The lowest BCUT2D eigenvalue weighted by molar-refractivity contribution is 0.202. The molecule has 0 saturated carbocycles. The Bertz CT molecular complexity index is 258. The highest BCUT2D eigenvalue weighted by Crippen LogP contribution is 2.23. The molecule has 0 radical (unpaired) electrons. The highest BCUT2D eigenvalue weighted by atomic mass is 31.1. The lowest BCUT2D eigenvalue weighted by Gasteiger charge is -2.03. The molecule has 0 fully saturated rings. The molecule has 1 N–H and O–H groups in total. The fraction of sp³-hybridized carbons (Fsp3) is 0.333. The smallest absolute Gasteiger partial charge is 0.338 e. The van der Waals surface area contributed by atoms with Crippen LogP contribution in [0.25, 0.3) is 0 Å². The van der Waals surface area contributed by atoms with Crippen LogP contribution in [0.2, 0.25) is 0 Å². The quantitative estimate of drug-likeness (QED) is 0.729. The first-order valence-electron chi connectivity index (χ1n) is 3.81. The maximum Gasteiger partial charge on any atom is 0.338 e. The van der Waals surface area contributed by atoms with Gasteiger partial charge in [-0.05, 0) is 5.56 Å². The fourth-order valence-electron chi connectivity index (χ4n) is 1.02. The van der Waals surface area contributed by atoms with Crippen LogP contribution in [0, 0.1) is 0 Å². The number of aliphatic hydroxyl groups is 1. The summed E-state index contributed by atoms with van der Waals surface area (Å²) >= 11 is 0. The van der Waals surface area contributed by atoms with E-state index in [2.05, 4.69) is 0 Å². The Hall–Kier alpha value is -0.720. The Labute approximate surface area is 73.0 Å². The Balaban J connectivity index is 2.65. The minimum atomic E-state index is -1.26. The number of hydrogen-bond donors (Lipinski definition) is 1. The zero-order chi connectivity index (χ0) is 8.97. The van der Waals surface area contributed by atoms with E-state index in [-0.39, 0.29) is 0 Å². The van der Waals surface area contributed by atoms with Crippen LogP contribution < -0.4 is 0 Å². The molecule has 2 nitrogen and oxygen atoms in total. The van der Waals surface area contributed by atoms with E-state index in [0.29, 0.717) is 6.16 Å². The molecule has 0 bridgehead atoms. The Morgan fingerprint density at radius 2 is 2.00 bits per heavy atom. The first kappa shape index (κ1) is 9.37. The number of rotatable bonds is 3. The Morgan fingerprint density at radius 3 is 2.50 bits per heavy atom. The van der Waals surface area contributed by atoms with Gasteiger partial charge in [-0.15, -0.1) is 0 Å². The van der Waals surface area contributed by atoms with Gasteiger partial charge in [-0.1, -0.05) is 34.9 Å². The van der Waals surface area contributed by atoms with Crippen molar-refractivity contribution in [3.63, 3.8) is 0 Å². The minimum Gasteiger partial charge on any atom is -0.384 e. The van der Waals surface area contributed by atoms with E-state index in [9.17, 15) is 9.67 Å². The first-order valence-corrected chi connectivity index (χ1v) is 5.70. The molecule has 1 aromatic rings. The van der Waals surface area contributed by atoms with Gasteiger partial charge in [0.1, 0.15) is 12.8 Å². The molecular weight excluding hydrogens is 171 g/mol. The van der Waals surface area contributed by atoms with Gasteiger partial charge < -0.3 is 5.11 Å². The average molecular weight is 183 g/mol. The molecule has 12 heavy (non-hydrogen) atoms. The Kier molecular flexibility index (Phi) is 3.39. The standard InChI is InChI=1S/C9H12O2P/c1-12(11)7-9(10)8-5-3-2-4-6-8/h2-6,9-10H,7H2,1H3/q+1. The third-order valence-corrected chi connectivity index (χ3v) is 2.47. The van der Waals surface area contributed by atoms with E-state index < -0.39 is 13.9 Å². The van der Waals surface area contributed by atoms with Gasteiger partial charge in [-0.2, -0.15) is 0 Å². The molecule has 2 unspecified atom stereocenters. The second kappa shape index (κ2) is 4.34. The van der Waals surface area contributed by atoms with Crippen LogP contribution in [0.1, 0.15) is 11.7 Å². The molecule has 0 heterocycles. The van der Waals surface area contributed by atoms with Gasteiger partial charge in [-0.3, -0.25) is 0 Å². The maximum absolute atomic E-state index is 10.8. The van der Waals surface area contributed by atoms with Crippen molar-refractivity contribution in [2.75, 3.05) is 12.8 Å². The van der Waals surface area contributed by atoms with Gasteiger partial charge in [0, 0.05) is 0 Å². The predicted octanol–water partition coefficient (Wildman–Crippen LogP) is 2.18. The van der Waals surface area contributed by atoms with Crippen molar-refractivity contribution in [3.05, 3.63) is 35.9 Å². The fourth-order valence-corrected chi connectivity index (χ4v) is 1.72. The molecule has 0 amide bonds. The van der Waals surface area contributed by atoms with E-state index in [1.54, 1.807) is 6.66 Å². The van der Waals surface area contributed by atoms with E-state index in [1.807, 2.05) is 30.3 Å². The van der Waals surface area contributed by atoms with Crippen molar-refractivity contribution < 1.29 is 9.67 Å². The SMILES string of the molecule is C[P+](=O)CC(O)c1ccccc1. The molecule has 2 atom stereocenters. The molecule has 3 heteroatoms. The summed E-state index contributed by atoms with van der Waals surface area (Å²) < 4.78 is 10.8. The van der Waals surface area contributed by atoms with E-state index >= 15 is 0 Å². The van der Waals surface area contributed by atoms with Gasteiger partial charge in [0.15, 0.2) is 6.16 Å². The van der Waals surface area contributed by atoms with Gasteiger partial charge >= 0.3 is 7.80 Å². The third-order valence-electron chi connectivity index (χ3n) is 1.61. The summed E-state index contributed by atoms with van der Waals surface area (Å²) in [6.45, 7) is 1.63. The zero-order valence-corrected chi connectivity index (χ0v) is 7.87. The zero-order valence-electron chi connectivity index (χ0n) is 6.97. The molecule has 1 rings (SSSR count). The lowest BCUT2D eigenvalue weighted by Crippen LogP contribution is -1.99. The van der Waals surface area contributed by atoms with Gasteiger partial charge in [0.2, 0.25) is 0 Å². The van der Waals surface area contributed by atoms with E-state index in [4.69, 9.17) is 0 Å². The van der Waals surface area contributed by atoms with E-state index in [1.165, 1.54) is 0 Å². The van der Waals surface area contributed by atoms with Crippen molar-refractivity contribution in [2.24, 2.45) is 0 Å².